The van der Waals surface area contributed by atoms with Crippen molar-refractivity contribution in [3.8, 4) is 5.75 Å². The van der Waals surface area contributed by atoms with E-state index in [9.17, 15) is 9.59 Å². The van der Waals surface area contributed by atoms with Gasteiger partial charge in [-0.15, -0.1) is 0 Å². The highest BCUT2D eigenvalue weighted by molar-refractivity contribution is 6.46. The Hall–Kier alpha value is -3.86. The first-order chi connectivity index (χ1) is 15.6. The number of hydrogen-bond acceptors (Lipinski definition) is 4. The summed E-state index contributed by atoms with van der Waals surface area (Å²) in [6, 6.07) is 23.0. The lowest BCUT2D eigenvalue weighted by Gasteiger charge is -2.22. The molecule has 0 radical (unpaired) electrons. The zero-order chi connectivity index (χ0) is 22.2. The summed E-state index contributed by atoms with van der Waals surface area (Å²) in [5.41, 5.74) is 5.32. The number of aryl methyl sites for hydroxylation is 1. The van der Waals surface area contributed by atoms with Gasteiger partial charge in [0.1, 0.15) is 11.4 Å². The molecule has 0 unspecified atom stereocenters. The standard InChI is InChI=1S/C27H24N2O3/c1-3-32-23-11-7-6-10-22(23)29-26(30)24(20-14-12-18(2)13-15-20)25(27(29)31)28-17-16-19-8-4-5-9-21(19)28/h4-15H,3,16-17H2,1-2H3. The summed E-state index contributed by atoms with van der Waals surface area (Å²) in [7, 11) is 0. The van der Waals surface area contributed by atoms with Gasteiger partial charge in [0.2, 0.25) is 0 Å². The van der Waals surface area contributed by atoms with Gasteiger partial charge in [-0.2, -0.15) is 0 Å². The number of para-hydroxylation sites is 3. The summed E-state index contributed by atoms with van der Waals surface area (Å²) in [5, 5.41) is 0. The van der Waals surface area contributed by atoms with Crippen molar-refractivity contribution in [3.63, 3.8) is 0 Å². The fourth-order valence-corrected chi connectivity index (χ4v) is 4.46. The minimum atomic E-state index is -0.328. The molecule has 32 heavy (non-hydrogen) atoms. The first-order valence-electron chi connectivity index (χ1n) is 10.9. The van der Waals surface area contributed by atoms with E-state index in [0.717, 1.165) is 23.2 Å². The Morgan fingerprint density at radius 2 is 1.53 bits per heavy atom. The molecule has 0 spiro atoms. The number of rotatable bonds is 5. The third-order valence-electron chi connectivity index (χ3n) is 5.96. The predicted octanol–water partition coefficient (Wildman–Crippen LogP) is 4.74. The Kier molecular flexibility index (Phi) is 5.02. The molecule has 0 saturated heterocycles. The van der Waals surface area contributed by atoms with E-state index in [1.165, 1.54) is 10.5 Å². The summed E-state index contributed by atoms with van der Waals surface area (Å²) in [6.07, 6.45) is 0.831. The molecule has 0 N–H and O–H groups in total. The van der Waals surface area contributed by atoms with E-state index >= 15 is 0 Å². The molecule has 3 aromatic rings. The molecule has 0 bridgehead atoms. The molecule has 2 aliphatic rings. The SMILES string of the molecule is CCOc1ccccc1N1C(=O)C(c2ccc(C)cc2)=C(N2CCc3ccccc32)C1=O. The molecule has 0 atom stereocenters. The van der Waals surface area contributed by atoms with E-state index in [0.29, 0.717) is 35.9 Å². The number of nitrogens with zero attached hydrogens (tertiary/aromatic N) is 2. The van der Waals surface area contributed by atoms with Crippen LogP contribution in [0.1, 0.15) is 23.6 Å². The molecule has 5 nitrogen and oxygen atoms in total. The zero-order valence-electron chi connectivity index (χ0n) is 18.2. The minimum Gasteiger partial charge on any atom is -0.492 e. The van der Waals surface area contributed by atoms with E-state index in [1.54, 1.807) is 12.1 Å². The third-order valence-corrected chi connectivity index (χ3v) is 5.96. The van der Waals surface area contributed by atoms with Crippen LogP contribution in [0.5, 0.6) is 5.75 Å². The fourth-order valence-electron chi connectivity index (χ4n) is 4.46. The molecule has 5 rings (SSSR count). The van der Waals surface area contributed by atoms with Gasteiger partial charge in [-0.3, -0.25) is 9.59 Å². The summed E-state index contributed by atoms with van der Waals surface area (Å²) in [4.78, 5) is 30.9. The molecular formula is C27H24N2O3. The lowest BCUT2D eigenvalue weighted by molar-refractivity contribution is -0.120. The lowest BCUT2D eigenvalue weighted by Crippen LogP contribution is -2.35. The van der Waals surface area contributed by atoms with Gasteiger partial charge in [-0.25, -0.2) is 4.90 Å². The van der Waals surface area contributed by atoms with Gasteiger partial charge in [-0.1, -0.05) is 60.2 Å². The van der Waals surface area contributed by atoms with Crippen LogP contribution in [0.25, 0.3) is 5.57 Å². The van der Waals surface area contributed by atoms with E-state index in [2.05, 4.69) is 6.07 Å². The van der Waals surface area contributed by atoms with Gasteiger partial charge < -0.3 is 9.64 Å². The second kappa shape index (κ2) is 8.00. The maximum absolute atomic E-state index is 13.9. The summed E-state index contributed by atoms with van der Waals surface area (Å²) >= 11 is 0. The Bertz CT molecular complexity index is 1240. The van der Waals surface area contributed by atoms with Crippen LogP contribution < -0.4 is 14.5 Å². The number of carbonyl (C=O) groups is 2. The first kappa shape index (κ1) is 20.1. The van der Waals surface area contributed by atoms with Crippen LogP contribution in [0, 0.1) is 6.92 Å². The van der Waals surface area contributed by atoms with E-state index in [-0.39, 0.29) is 11.8 Å². The van der Waals surface area contributed by atoms with Crippen LogP contribution in [-0.2, 0) is 16.0 Å². The van der Waals surface area contributed by atoms with Crippen molar-refractivity contribution in [1.82, 2.24) is 0 Å². The first-order valence-corrected chi connectivity index (χ1v) is 10.9. The van der Waals surface area contributed by atoms with Crippen molar-refractivity contribution >= 4 is 28.8 Å². The van der Waals surface area contributed by atoms with Gasteiger partial charge in [0.15, 0.2) is 0 Å². The molecule has 2 amide bonds. The fraction of sp³-hybridized carbons (Fsp3) is 0.185. The average Bonchev–Trinajstić information content (AvgIpc) is 3.33. The molecule has 0 fully saturated rings. The quantitative estimate of drug-likeness (QED) is 0.555. The van der Waals surface area contributed by atoms with Gasteiger partial charge >= 0.3 is 0 Å². The molecular weight excluding hydrogens is 400 g/mol. The van der Waals surface area contributed by atoms with Crippen molar-refractivity contribution < 1.29 is 14.3 Å². The highest BCUT2D eigenvalue weighted by Crippen LogP contribution is 2.42. The number of fused-ring (bicyclic) bond motifs is 1. The van der Waals surface area contributed by atoms with Crippen LogP contribution in [-0.4, -0.2) is 25.0 Å². The zero-order valence-corrected chi connectivity index (χ0v) is 18.2. The monoisotopic (exact) mass is 424 g/mol. The average molecular weight is 425 g/mol. The molecule has 0 aliphatic carbocycles. The van der Waals surface area contributed by atoms with Crippen molar-refractivity contribution in [1.29, 1.82) is 0 Å². The van der Waals surface area contributed by atoms with Crippen LogP contribution in [0.3, 0.4) is 0 Å². The summed E-state index contributed by atoms with van der Waals surface area (Å²) in [5.74, 6) is -0.136. The minimum absolute atomic E-state index is 0.325. The number of imide groups is 1. The molecule has 2 heterocycles. The normalized spacial score (nSPS) is 15.6. The number of ether oxygens (including phenoxy) is 1. The van der Waals surface area contributed by atoms with Crippen LogP contribution in [0.2, 0.25) is 0 Å². The molecule has 0 saturated carbocycles. The van der Waals surface area contributed by atoms with Gasteiger partial charge in [0.05, 0.1) is 17.9 Å². The van der Waals surface area contributed by atoms with E-state index in [4.69, 9.17) is 4.74 Å². The van der Waals surface area contributed by atoms with E-state index in [1.807, 2.05) is 73.3 Å². The second-order valence-electron chi connectivity index (χ2n) is 7.97. The van der Waals surface area contributed by atoms with Crippen molar-refractivity contribution in [2.24, 2.45) is 0 Å². The topological polar surface area (TPSA) is 49.9 Å². The third kappa shape index (κ3) is 3.17. The molecule has 0 aromatic heterocycles. The summed E-state index contributed by atoms with van der Waals surface area (Å²) < 4.78 is 5.74. The van der Waals surface area contributed by atoms with Crippen LogP contribution >= 0.6 is 0 Å². The number of benzene rings is 3. The van der Waals surface area contributed by atoms with Gasteiger partial charge in [0.25, 0.3) is 11.8 Å². The molecule has 5 heteroatoms. The van der Waals surface area contributed by atoms with Crippen LogP contribution in [0.15, 0.2) is 78.5 Å². The number of carbonyl (C=O) groups excluding carboxylic acids is 2. The predicted molar refractivity (Wildman–Crippen MR) is 126 cm³/mol. The summed E-state index contributed by atoms with van der Waals surface area (Å²) in [6.45, 7) is 4.98. The number of hydrogen-bond donors (Lipinski definition) is 0. The number of anilines is 2. The number of amides is 2. The second-order valence-corrected chi connectivity index (χ2v) is 7.97. The van der Waals surface area contributed by atoms with Crippen molar-refractivity contribution in [3.05, 3.63) is 95.2 Å². The van der Waals surface area contributed by atoms with Crippen molar-refractivity contribution in [2.75, 3.05) is 23.0 Å². The Labute approximate surface area is 187 Å². The Morgan fingerprint density at radius 1 is 0.844 bits per heavy atom. The Balaban J connectivity index is 1.68. The maximum atomic E-state index is 13.9. The molecule has 160 valence electrons. The van der Waals surface area contributed by atoms with Gasteiger partial charge in [0, 0.05) is 12.2 Å². The van der Waals surface area contributed by atoms with Crippen LogP contribution in [0.4, 0.5) is 11.4 Å². The van der Waals surface area contributed by atoms with Gasteiger partial charge in [-0.05, 0) is 49.6 Å². The van der Waals surface area contributed by atoms with E-state index < -0.39 is 0 Å². The maximum Gasteiger partial charge on any atom is 0.282 e. The Morgan fingerprint density at radius 3 is 2.28 bits per heavy atom. The smallest absolute Gasteiger partial charge is 0.282 e. The highest BCUT2D eigenvalue weighted by atomic mass is 16.5. The van der Waals surface area contributed by atoms with Crippen molar-refractivity contribution in [2.45, 2.75) is 20.3 Å². The highest BCUT2D eigenvalue weighted by Gasteiger charge is 2.44. The molecule has 2 aliphatic heterocycles. The molecule has 3 aromatic carbocycles. The largest absolute Gasteiger partial charge is 0.492 e. The lowest BCUT2D eigenvalue weighted by atomic mass is 10.0.